The van der Waals surface area contributed by atoms with Crippen molar-refractivity contribution in [1.82, 2.24) is 0 Å². The lowest BCUT2D eigenvalue weighted by Gasteiger charge is -2.08. The first-order chi connectivity index (χ1) is 13.0. The van der Waals surface area contributed by atoms with Crippen LogP contribution in [0.15, 0.2) is 39.4 Å². The highest BCUT2D eigenvalue weighted by molar-refractivity contribution is 6.13. The molecule has 0 saturated carbocycles. The Morgan fingerprint density at radius 2 is 1.85 bits per heavy atom. The van der Waals surface area contributed by atoms with Crippen molar-refractivity contribution < 1.29 is 33.0 Å². The molecule has 8 heteroatoms. The summed E-state index contributed by atoms with van der Waals surface area (Å²) in [5.41, 5.74) is 0.875. The van der Waals surface area contributed by atoms with E-state index in [9.17, 15) is 9.59 Å². The van der Waals surface area contributed by atoms with Gasteiger partial charge in [0.15, 0.2) is 17.2 Å². The molecule has 1 aromatic carbocycles. The van der Waals surface area contributed by atoms with E-state index in [1.807, 2.05) is 0 Å². The highest BCUT2D eigenvalue weighted by Crippen LogP contribution is 2.29. The third kappa shape index (κ3) is 3.55. The Bertz CT molecular complexity index is 968. The van der Waals surface area contributed by atoms with Gasteiger partial charge in [0, 0.05) is 11.6 Å². The molecule has 27 heavy (non-hydrogen) atoms. The van der Waals surface area contributed by atoms with E-state index in [-0.39, 0.29) is 22.9 Å². The summed E-state index contributed by atoms with van der Waals surface area (Å²) in [6.07, 6.45) is 1.40. The van der Waals surface area contributed by atoms with E-state index in [1.165, 1.54) is 33.5 Å². The van der Waals surface area contributed by atoms with Gasteiger partial charge in [-0.2, -0.15) is 0 Å². The Morgan fingerprint density at radius 3 is 2.52 bits per heavy atom. The highest BCUT2D eigenvalue weighted by Gasteiger charge is 2.26. The minimum Gasteiger partial charge on any atom is -0.493 e. The maximum atomic E-state index is 12.1. The van der Waals surface area contributed by atoms with E-state index in [0.29, 0.717) is 22.8 Å². The van der Waals surface area contributed by atoms with Crippen molar-refractivity contribution in [2.45, 2.75) is 6.92 Å². The Labute approximate surface area is 155 Å². The van der Waals surface area contributed by atoms with Crippen molar-refractivity contribution in [1.29, 1.82) is 0 Å². The summed E-state index contributed by atoms with van der Waals surface area (Å²) in [4.78, 5) is 28.0. The SMILES string of the molecule is COC(=O)c1cc(C=C2N=C(c3ccc(OC)c(OC)c3)OC2=O)oc1C. The number of hydrogen-bond acceptors (Lipinski definition) is 8. The molecule has 0 unspecified atom stereocenters. The summed E-state index contributed by atoms with van der Waals surface area (Å²) in [6.45, 7) is 1.62. The monoisotopic (exact) mass is 371 g/mol. The van der Waals surface area contributed by atoms with Crippen LogP contribution in [0.4, 0.5) is 0 Å². The van der Waals surface area contributed by atoms with Gasteiger partial charge < -0.3 is 23.4 Å². The average Bonchev–Trinajstić information content (AvgIpc) is 3.23. The predicted molar refractivity (Wildman–Crippen MR) is 94.9 cm³/mol. The van der Waals surface area contributed by atoms with Crippen molar-refractivity contribution in [3.63, 3.8) is 0 Å². The molecule has 0 spiro atoms. The molecule has 0 amide bonds. The first-order valence-electron chi connectivity index (χ1n) is 7.90. The van der Waals surface area contributed by atoms with Gasteiger partial charge in [0.05, 0.1) is 21.3 Å². The zero-order valence-corrected chi connectivity index (χ0v) is 15.2. The lowest BCUT2D eigenvalue weighted by atomic mass is 10.2. The van der Waals surface area contributed by atoms with E-state index in [0.717, 1.165) is 0 Å². The van der Waals surface area contributed by atoms with Crippen LogP contribution >= 0.6 is 0 Å². The zero-order chi connectivity index (χ0) is 19.6. The molecule has 1 aromatic heterocycles. The summed E-state index contributed by atoms with van der Waals surface area (Å²) in [7, 11) is 4.31. The summed E-state index contributed by atoms with van der Waals surface area (Å²) in [5, 5.41) is 0. The van der Waals surface area contributed by atoms with Gasteiger partial charge in [0.25, 0.3) is 0 Å². The topological polar surface area (TPSA) is 96.6 Å². The second-order valence-corrected chi connectivity index (χ2v) is 5.52. The van der Waals surface area contributed by atoms with Gasteiger partial charge in [-0.1, -0.05) is 0 Å². The molecule has 0 bridgehead atoms. The fourth-order valence-corrected chi connectivity index (χ4v) is 2.53. The lowest BCUT2D eigenvalue weighted by molar-refractivity contribution is -0.129. The van der Waals surface area contributed by atoms with Crippen molar-refractivity contribution in [3.8, 4) is 11.5 Å². The van der Waals surface area contributed by atoms with Crippen LogP contribution in [0.5, 0.6) is 11.5 Å². The van der Waals surface area contributed by atoms with Crippen molar-refractivity contribution in [3.05, 3.63) is 52.6 Å². The van der Waals surface area contributed by atoms with Crippen molar-refractivity contribution in [2.75, 3.05) is 21.3 Å². The molecule has 2 heterocycles. The molecule has 3 rings (SSSR count). The minimum absolute atomic E-state index is 0.0463. The number of rotatable bonds is 5. The number of hydrogen-bond donors (Lipinski definition) is 0. The third-order valence-corrected chi connectivity index (χ3v) is 3.87. The van der Waals surface area contributed by atoms with Crippen LogP contribution in [0.3, 0.4) is 0 Å². The first-order valence-corrected chi connectivity index (χ1v) is 7.90. The van der Waals surface area contributed by atoms with Gasteiger partial charge in [-0.15, -0.1) is 0 Å². The molecule has 1 aliphatic heterocycles. The Kier molecular flexibility index (Phi) is 4.98. The Hall–Kier alpha value is -3.55. The predicted octanol–water partition coefficient (Wildman–Crippen LogP) is 2.74. The number of carbonyl (C=O) groups excluding carboxylic acids is 2. The maximum absolute atomic E-state index is 12.1. The number of nitrogens with zero attached hydrogens (tertiary/aromatic N) is 1. The number of aryl methyl sites for hydroxylation is 1. The van der Waals surface area contributed by atoms with Gasteiger partial charge in [-0.3, -0.25) is 0 Å². The first kappa shape index (κ1) is 18.2. The zero-order valence-electron chi connectivity index (χ0n) is 15.2. The van der Waals surface area contributed by atoms with Crippen LogP contribution in [0.1, 0.15) is 27.4 Å². The van der Waals surface area contributed by atoms with E-state index >= 15 is 0 Å². The van der Waals surface area contributed by atoms with Gasteiger partial charge in [-0.25, -0.2) is 14.6 Å². The van der Waals surface area contributed by atoms with Crippen LogP contribution in [-0.2, 0) is 14.3 Å². The fraction of sp³-hybridized carbons (Fsp3) is 0.211. The largest absolute Gasteiger partial charge is 0.493 e. The molecule has 2 aromatic rings. The van der Waals surface area contributed by atoms with Gasteiger partial charge in [0.1, 0.15) is 17.1 Å². The molecule has 0 atom stereocenters. The summed E-state index contributed by atoms with van der Waals surface area (Å²) in [5.74, 6) is 0.668. The second kappa shape index (κ2) is 7.36. The van der Waals surface area contributed by atoms with Crippen LogP contribution in [0.25, 0.3) is 6.08 Å². The molecule has 8 nitrogen and oxygen atoms in total. The summed E-state index contributed by atoms with van der Waals surface area (Å²) in [6, 6.07) is 6.51. The molecule has 0 N–H and O–H groups in total. The van der Waals surface area contributed by atoms with E-state index in [2.05, 4.69) is 9.73 Å². The molecule has 0 radical (unpaired) electrons. The number of carbonyl (C=O) groups is 2. The van der Waals surface area contributed by atoms with E-state index in [1.54, 1.807) is 25.1 Å². The normalized spacial score (nSPS) is 14.7. The standard InChI is InChI=1S/C19H17NO7/c1-10-13(18(21)25-4)8-12(26-10)9-14-19(22)27-17(20-14)11-5-6-15(23-2)16(7-11)24-3/h5-9H,1-4H3. The lowest BCUT2D eigenvalue weighted by Crippen LogP contribution is -2.05. The number of ether oxygens (including phenoxy) is 4. The van der Waals surface area contributed by atoms with Crippen LogP contribution in [0.2, 0.25) is 0 Å². The number of furan rings is 1. The fourth-order valence-electron chi connectivity index (χ4n) is 2.53. The third-order valence-electron chi connectivity index (χ3n) is 3.87. The van der Waals surface area contributed by atoms with Crippen molar-refractivity contribution in [2.24, 2.45) is 4.99 Å². The number of cyclic esters (lactones) is 1. The Morgan fingerprint density at radius 1 is 1.11 bits per heavy atom. The van der Waals surface area contributed by atoms with Crippen LogP contribution < -0.4 is 9.47 Å². The maximum Gasteiger partial charge on any atom is 0.363 e. The van der Waals surface area contributed by atoms with Crippen molar-refractivity contribution >= 4 is 23.9 Å². The number of aliphatic imine (C=N–C) groups is 1. The van der Waals surface area contributed by atoms with Crippen LogP contribution in [-0.4, -0.2) is 39.2 Å². The molecule has 1 aliphatic rings. The average molecular weight is 371 g/mol. The smallest absolute Gasteiger partial charge is 0.363 e. The second-order valence-electron chi connectivity index (χ2n) is 5.52. The summed E-state index contributed by atoms with van der Waals surface area (Å²) < 4.78 is 25.8. The molecular weight excluding hydrogens is 354 g/mol. The number of benzene rings is 1. The molecule has 0 fully saturated rings. The molecular formula is C19H17NO7. The molecule has 0 saturated heterocycles. The Balaban J connectivity index is 1.93. The van der Waals surface area contributed by atoms with Gasteiger partial charge in [0.2, 0.25) is 5.90 Å². The number of esters is 2. The van der Waals surface area contributed by atoms with E-state index in [4.69, 9.17) is 18.6 Å². The summed E-state index contributed by atoms with van der Waals surface area (Å²) >= 11 is 0. The highest BCUT2D eigenvalue weighted by atomic mass is 16.6. The number of methoxy groups -OCH3 is 3. The minimum atomic E-state index is -0.631. The van der Waals surface area contributed by atoms with Crippen LogP contribution in [0, 0.1) is 6.92 Å². The molecule has 0 aliphatic carbocycles. The van der Waals surface area contributed by atoms with Gasteiger partial charge in [-0.05, 0) is 31.2 Å². The quantitative estimate of drug-likeness (QED) is 0.589. The van der Waals surface area contributed by atoms with Gasteiger partial charge >= 0.3 is 11.9 Å². The van der Waals surface area contributed by atoms with E-state index < -0.39 is 11.9 Å². The molecule has 140 valence electrons.